The van der Waals surface area contributed by atoms with Gasteiger partial charge in [0, 0.05) is 5.69 Å². The number of nitrogens with zero attached hydrogens (tertiary/aromatic N) is 1. The number of anilines is 1. The third kappa shape index (κ3) is 4.47. The van der Waals surface area contributed by atoms with E-state index in [0.717, 1.165) is 19.3 Å². The summed E-state index contributed by atoms with van der Waals surface area (Å²) < 4.78 is 5.48. The number of hydrogen-bond donors (Lipinski definition) is 2. The second kappa shape index (κ2) is 6.80. The van der Waals surface area contributed by atoms with Gasteiger partial charge >= 0.3 is 5.97 Å². The zero-order valence-electron chi connectivity index (χ0n) is 11.8. The van der Waals surface area contributed by atoms with Gasteiger partial charge in [0.2, 0.25) is 0 Å². The number of benzene rings is 1. The van der Waals surface area contributed by atoms with Crippen LogP contribution in [0.4, 0.5) is 5.69 Å². The van der Waals surface area contributed by atoms with Crippen LogP contribution in [0, 0.1) is 16.7 Å². The van der Waals surface area contributed by atoms with Gasteiger partial charge in [0.05, 0.1) is 18.1 Å². The predicted octanol–water partition coefficient (Wildman–Crippen LogP) is 3.07. The minimum atomic E-state index is -1.09. The van der Waals surface area contributed by atoms with Gasteiger partial charge in [0.15, 0.2) is 0 Å². The fourth-order valence-electron chi connectivity index (χ4n) is 1.80. The van der Waals surface area contributed by atoms with Crippen LogP contribution in [0.5, 0.6) is 5.75 Å². The van der Waals surface area contributed by atoms with E-state index in [0.29, 0.717) is 6.61 Å². The van der Waals surface area contributed by atoms with Crippen LogP contribution in [-0.2, 0) is 0 Å². The Hall–Kier alpha value is -2.22. The highest BCUT2D eigenvalue weighted by Gasteiger charge is 2.16. The number of carbonyl (C=O) groups is 1. The Balaban J connectivity index is 2.50. The highest BCUT2D eigenvalue weighted by atomic mass is 16.5. The first kappa shape index (κ1) is 15.8. The lowest BCUT2D eigenvalue weighted by atomic mass is 9.89. The van der Waals surface area contributed by atoms with Crippen LogP contribution >= 0.6 is 0 Å². The summed E-state index contributed by atoms with van der Waals surface area (Å²) in [5.74, 6) is -0.805. The first-order valence-electron chi connectivity index (χ1n) is 6.53. The van der Waals surface area contributed by atoms with Crippen molar-refractivity contribution in [3.8, 4) is 11.8 Å². The standard InChI is InChI=1S/C15H20N2O3/c1-15(2,10-16)8-3-4-9-20-12-7-5-6-11(17)13(12)14(18)19/h5-7H,3-4,8-9,17H2,1-2H3,(H,18,19). The number of unbranched alkanes of at least 4 members (excludes halogenated alkanes) is 1. The summed E-state index contributed by atoms with van der Waals surface area (Å²) in [5.41, 5.74) is 5.50. The van der Waals surface area contributed by atoms with Gasteiger partial charge in [-0.2, -0.15) is 5.26 Å². The van der Waals surface area contributed by atoms with Crippen molar-refractivity contribution in [1.82, 2.24) is 0 Å². The third-order valence-corrected chi connectivity index (χ3v) is 3.03. The average Bonchev–Trinajstić information content (AvgIpc) is 2.37. The van der Waals surface area contributed by atoms with Gasteiger partial charge < -0.3 is 15.6 Å². The number of nitrogen functional groups attached to an aromatic ring is 1. The van der Waals surface area contributed by atoms with Crippen molar-refractivity contribution in [3.63, 3.8) is 0 Å². The lowest BCUT2D eigenvalue weighted by Crippen LogP contribution is -2.10. The summed E-state index contributed by atoms with van der Waals surface area (Å²) in [6.45, 7) is 4.20. The molecule has 20 heavy (non-hydrogen) atoms. The molecule has 0 fully saturated rings. The fraction of sp³-hybridized carbons (Fsp3) is 0.467. The van der Waals surface area contributed by atoms with Gasteiger partial charge in [-0.05, 0) is 45.2 Å². The van der Waals surface area contributed by atoms with E-state index in [1.807, 2.05) is 13.8 Å². The molecule has 0 heterocycles. The molecule has 5 nitrogen and oxygen atoms in total. The van der Waals surface area contributed by atoms with Gasteiger partial charge in [-0.25, -0.2) is 4.79 Å². The molecule has 1 aromatic rings. The zero-order valence-corrected chi connectivity index (χ0v) is 11.8. The van der Waals surface area contributed by atoms with E-state index in [-0.39, 0.29) is 22.4 Å². The van der Waals surface area contributed by atoms with Gasteiger partial charge in [0.25, 0.3) is 0 Å². The maximum absolute atomic E-state index is 11.1. The fourth-order valence-corrected chi connectivity index (χ4v) is 1.80. The molecule has 0 saturated carbocycles. The third-order valence-electron chi connectivity index (χ3n) is 3.03. The lowest BCUT2D eigenvalue weighted by molar-refractivity contribution is 0.0693. The molecule has 1 rings (SSSR count). The van der Waals surface area contributed by atoms with Gasteiger partial charge in [-0.3, -0.25) is 0 Å². The van der Waals surface area contributed by atoms with E-state index >= 15 is 0 Å². The average molecular weight is 276 g/mol. The minimum absolute atomic E-state index is 0.00450. The normalized spacial score (nSPS) is 10.8. The predicted molar refractivity (Wildman–Crippen MR) is 76.6 cm³/mol. The van der Waals surface area contributed by atoms with Crippen LogP contribution in [-0.4, -0.2) is 17.7 Å². The smallest absolute Gasteiger partial charge is 0.341 e. The van der Waals surface area contributed by atoms with Gasteiger partial charge in [-0.1, -0.05) is 6.07 Å². The Morgan fingerprint density at radius 1 is 1.45 bits per heavy atom. The van der Waals surface area contributed by atoms with Crippen molar-refractivity contribution in [3.05, 3.63) is 23.8 Å². The second-order valence-electron chi connectivity index (χ2n) is 5.33. The molecule has 0 amide bonds. The van der Waals surface area contributed by atoms with Crippen molar-refractivity contribution in [2.75, 3.05) is 12.3 Å². The van der Waals surface area contributed by atoms with E-state index in [2.05, 4.69) is 6.07 Å². The van der Waals surface area contributed by atoms with Crippen molar-refractivity contribution in [1.29, 1.82) is 5.26 Å². The molecule has 0 aliphatic rings. The molecule has 0 aliphatic carbocycles. The van der Waals surface area contributed by atoms with E-state index in [1.165, 1.54) is 6.07 Å². The monoisotopic (exact) mass is 276 g/mol. The first-order valence-corrected chi connectivity index (χ1v) is 6.53. The van der Waals surface area contributed by atoms with Crippen LogP contribution in [0.25, 0.3) is 0 Å². The Morgan fingerprint density at radius 2 is 2.15 bits per heavy atom. The molecule has 0 unspecified atom stereocenters. The number of nitriles is 1. The van der Waals surface area contributed by atoms with Gasteiger partial charge in [0.1, 0.15) is 11.3 Å². The van der Waals surface area contributed by atoms with Crippen LogP contribution in [0.2, 0.25) is 0 Å². The number of hydrogen-bond acceptors (Lipinski definition) is 4. The number of ether oxygens (including phenoxy) is 1. The first-order chi connectivity index (χ1) is 9.37. The minimum Gasteiger partial charge on any atom is -0.493 e. The Bertz CT molecular complexity index is 518. The van der Waals surface area contributed by atoms with Crippen molar-refractivity contribution in [2.45, 2.75) is 33.1 Å². The maximum atomic E-state index is 11.1. The lowest BCUT2D eigenvalue weighted by Gasteiger charge is -2.15. The number of aromatic carboxylic acids is 1. The SMILES string of the molecule is CC(C)(C#N)CCCCOc1cccc(N)c1C(=O)O. The second-order valence-corrected chi connectivity index (χ2v) is 5.33. The van der Waals surface area contributed by atoms with Crippen molar-refractivity contribution < 1.29 is 14.6 Å². The molecule has 0 radical (unpaired) electrons. The van der Waals surface area contributed by atoms with E-state index < -0.39 is 5.97 Å². The summed E-state index contributed by atoms with van der Waals surface area (Å²) in [4.78, 5) is 11.1. The molecule has 0 saturated heterocycles. The number of nitrogens with two attached hydrogens (primary N) is 1. The van der Waals surface area contributed by atoms with Gasteiger partial charge in [-0.15, -0.1) is 0 Å². The van der Waals surface area contributed by atoms with E-state index in [4.69, 9.17) is 20.8 Å². The molecule has 1 aromatic carbocycles. The molecular weight excluding hydrogens is 256 g/mol. The molecule has 0 aromatic heterocycles. The van der Waals surface area contributed by atoms with E-state index in [1.54, 1.807) is 12.1 Å². The summed E-state index contributed by atoms with van der Waals surface area (Å²) in [5, 5.41) is 18.0. The highest BCUT2D eigenvalue weighted by molar-refractivity contribution is 5.96. The summed E-state index contributed by atoms with van der Waals surface area (Å²) in [6.07, 6.45) is 2.40. The Labute approximate surface area is 119 Å². The van der Waals surface area contributed by atoms with Crippen LogP contribution < -0.4 is 10.5 Å². The molecular formula is C15H20N2O3. The Morgan fingerprint density at radius 3 is 2.75 bits per heavy atom. The van der Waals surface area contributed by atoms with Crippen LogP contribution in [0.1, 0.15) is 43.5 Å². The van der Waals surface area contributed by atoms with Crippen molar-refractivity contribution in [2.24, 2.45) is 5.41 Å². The molecule has 5 heteroatoms. The molecule has 108 valence electrons. The summed E-state index contributed by atoms with van der Waals surface area (Å²) in [7, 11) is 0. The number of carboxylic acids is 1. The number of carboxylic acid groups (broad SMARTS) is 1. The highest BCUT2D eigenvalue weighted by Crippen LogP contribution is 2.25. The van der Waals surface area contributed by atoms with Crippen LogP contribution in [0.15, 0.2) is 18.2 Å². The molecule has 3 N–H and O–H groups in total. The molecule has 0 aliphatic heterocycles. The molecule has 0 spiro atoms. The van der Waals surface area contributed by atoms with Crippen LogP contribution in [0.3, 0.4) is 0 Å². The largest absolute Gasteiger partial charge is 0.493 e. The summed E-state index contributed by atoms with van der Waals surface area (Å²) in [6, 6.07) is 7.04. The maximum Gasteiger partial charge on any atom is 0.341 e. The number of rotatable bonds is 7. The summed E-state index contributed by atoms with van der Waals surface area (Å²) >= 11 is 0. The van der Waals surface area contributed by atoms with E-state index in [9.17, 15) is 4.79 Å². The zero-order chi connectivity index (χ0) is 15.2. The molecule has 0 bridgehead atoms. The quantitative estimate of drug-likeness (QED) is 0.589. The topological polar surface area (TPSA) is 96.3 Å². The van der Waals surface area contributed by atoms with Crippen molar-refractivity contribution >= 4 is 11.7 Å². The molecule has 0 atom stereocenters. The Kier molecular flexibility index (Phi) is 5.39.